The molecule has 0 aliphatic carbocycles. The van der Waals surface area contributed by atoms with Crippen LogP contribution in [-0.4, -0.2) is 83.0 Å². The lowest BCUT2D eigenvalue weighted by Gasteiger charge is -2.42. The smallest absolute Gasteiger partial charge is 0.252 e. The van der Waals surface area contributed by atoms with E-state index in [2.05, 4.69) is 60.7 Å². The van der Waals surface area contributed by atoms with Gasteiger partial charge in [-0.05, 0) is 74.8 Å². The van der Waals surface area contributed by atoms with Crippen LogP contribution in [0.5, 0.6) is 0 Å². The van der Waals surface area contributed by atoms with Crippen molar-refractivity contribution in [2.75, 3.05) is 56.9 Å². The van der Waals surface area contributed by atoms with Gasteiger partial charge in [0.1, 0.15) is 0 Å². The number of nitrogens with one attached hydrogen (secondary N) is 1. The quantitative estimate of drug-likeness (QED) is 0.287. The number of nitrogens with zero attached hydrogens (tertiary/aromatic N) is 5. The van der Waals surface area contributed by atoms with Crippen LogP contribution in [0.3, 0.4) is 0 Å². The molecular weight excluding hydrogens is 572 g/mol. The molecule has 2 saturated heterocycles. The van der Waals surface area contributed by atoms with Crippen molar-refractivity contribution in [3.8, 4) is 34.5 Å². The van der Waals surface area contributed by atoms with Crippen LogP contribution in [0.4, 0.5) is 11.6 Å². The normalized spacial score (nSPS) is 16.5. The number of amides is 1. The maximum Gasteiger partial charge on any atom is 0.252 e. The number of hydrogen-bond donors (Lipinski definition) is 3. The average molecular weight is 609 g/mol. The Hall–Kier alpha value is -4.36. The van der Waals surface area contributed by atoms with Gasteiger partial charge in [0, 0.05) is 73.3 Å². The molecular formula is C34H37ClN8O. The van der Waals surface area contributed by atoms with Crippen molar-refractivity contribution in [3.63, 3.8) is 0 Å². The monoisotopic (exact) mass is 608 g/mol. The molecule has 0 radical (unpaired) electrons. The Kier molecular flexibility index (Phi) is 8.58. The van der Waals surface area contributed by atoms with Crippen LogP contribution in [-0.2, 0) is 0 Å². The number of carbonyl (C=O) groups is 1. The van der Waals surface area contributed by atoms with E-state index in [0.29, 0.717) is 33.7 Å². The molecule has 0 unspecified atom stereocenters. The third kappa shape index (κ3) is 6.29. The van der Waals surface area contributed by atoms with Gasteiger partial charge >= 0.3 is 0 Å². The first-order valence-corrected chi connectivity index (χ1v) is 15.4. The predicted molar refractivity (Wildman–Crippen MR) is 177 cm³/mol. The molecule has 6 rings (SSSR count). The third-order valence-electron chi connectivity index (χ3n) is 8.73. The number of likely N-dealkylation sites (N-methyl/N-ethyl adjacent to an activating group) is 1. The molecule has 2 fully saturated rings. The second kappa shape index (κ2) is 12.7. The topological polar surface area (TPSA) is 120 Å². The van der Waals surface area contributed by atoms with Gasteiger partial charge < -0.3 is 26.3 Å². The number of piperidine rings is 1. The Bertz CT molecular complexity index is 1720. The molecule has 0 atom stereocenters. The lowest BCUT2D eigenvalue weighted by molar-refractivity contribution is 0.0982. The van der Waals surface area contributed by atoms with E-state index >= 15 is 0 Å². The van der Waals surface area contributed by atoms with Gasteiger partial charge in [0.15, 0.2) is 0 Å². The summed E-state index contributed by atoms with van der Waals surface area (Å²) in [5.74, 6) is 5.98. The number of piperazine rings is 1. The average Bonchev–Trinajstić information content (AvgIpc) is 3.42. The number of halogens is 1. The summed E-state index contributed by atoms with van der Waals surface area (Å²) in [6, 6.07) is 16.2. The maximum absolute atomic E-state index is 12.9. The van der Waals surface area contributed by atoms with Gasteiger partial charge in [0.2, 0.25) is 5.95 Å². The highest BCUT2D eigenvalue weighted by molar-refractivity contribution is 6.31. The van der Waals surface area contributed by atoms with Crippen LogP contribution in [0.2, 0.25) is 5.02 Å². The molecule has 1 amide bonds. The summed E-state index contributed by atoms with van der Waals surface area (Å²) in [4.78, 5) is 32.2. The molecule has 2 aliphatic rings. The number of rotatable bonds is 5. The number of carbonyl (C=O) groups excluding carboxylic acids is 1. The minimum absolute atomic E-state index is 0.111. The van der Waals surface area contributed by atoms with Gasteiger partial charge in [-0.2, -0.15) is 0 Å². The first-order valence-electron chi connectivity index (χ1n) is 15.0. The summed E-state index contributed by atoms with van der Waals surface area (Å²) in [5.41, 5.74) is 17.9. The summed E-state index contributed by atoms with van der Waals surface area (Å²) in [6.45, 7) is 8.68. The molecule has 10 heteroatoms. The van der Waals surface area contributed by atoms with E-state index in [9.17, 15) is 4.79 Å². The van der Waals surface area contributed by atoms with Crippen LogP contribution in [0.15, 0.2) is 54.7 Å². The largest absolute Gasteiger partial charge is 0.371 e. The first kappa shape index (κ1) is 29.7. The predicted octanol–water partition coefficient (Wildman–Crippen LogP) is 4.40. The molecule has 0 saturated carbocycles. The fraction of sp³-hybridized carbons (Fsp3) is 0.324. The Labute approximate surface area is 263 Å². The minimum Gasteiger partial charge on any atom is -0.371 e. The summed E-state index contributed by atoms with van der Waals surface area (Å²) in [7, 11) is 2.20. The Morgan fingerprint density at radius 3 is 2.39 bits per heavy atom. The minimum atomic E-state index is -0.608. The van der Waals surface area contributed by atoms with E-state index in [1.54, 1.807) is 24.4 Å². The van der Waals surface area contributed by atoms with Crippen LogP contribution >= 0.6 is 11.6 Å². The highest BCUT2D eigenvalue weighted by atomic mass is 35.5. The number of hydrogen-bond acceptors (Lipinski definition) is 7. The number of anilines is 2. The second-order valence-electron chi connectivity index (χ2n) is 11.6. The van der Waals surface area contributed by atoms with Crippen LogP contribution < -0.4 is 16.4 Å². The molecule has 2 aliphatic heterocycles. The Morgan fingerprint density at radius 1 is 0.977 bits per heavy atom. The molecule has 4 aromatic rings. The van der Waals surface area contributed by atoms with E-state index in [1.807, 2.05) is 25.1 Å². The van der Waals surface area contributed by atoms with E-state index in [4.69, 9.17) is 23.1 Å². The zero-order valence-electron chi connectivity index (χ0n) is 25.1. The fourth-order valence-electron chi connectivity index (χ4n) is 6.21. The molecule has 44 heavy (non-hydrogen) atoms. The van der Waals surface area contributed by atoms with E-state index in [0.717, 1.165) is 42.9 Å². The molecule has 0 bridgehead atoms. The summed E-state index contributed by atoms with van der Waals surface area (Å²) < 4.78 is 0. The van der Waals surface area contributed by atoms with Gasteiger partial charge in [-0.3, -0.25) is 9.69 Å². The summed E-state index contributed by atoms with van der Waals surface area (Å²) in [6.07, 6.45) is 3.93. The molecule has 5 N–H and O–H groups in total. The molecule has 2 aromatic carbocycles. The number of nitrogens with two attached hydrogens (primary N) is 2. The molecule has 9 nitrogen and oxygen atoms in total. The zero-order valence-corrected chi connectivity index (χ0v) is 25.9. The van der Waals surface area contributed by atoms with Crippen LogP contribution in [0, 0.1) is 18.8 Å². The van der Waals surface area contributed by atoms with Crippen LogP contribution in [0.1, 0.15) is 39.9 Å². The van der Waals surface area contributed by atoms with Crippen LogP contribution in [0.25, 0.3) is 22.6 Å². The Morgan fingerprint density at radius 2 is 1.70 bits per heavy atom. The molecule has 0 spiro atoms. The lowest BCUT2D eigenvalue weighted by Crippen LogP contribution is -2.52. The fourth-order valence-corrected chi connectivity index (χ4v) is 6.38. The number of benzene rings is 2. The number of aromatic amines is 1. The molecule has 2 aromatic heterocycles. The number of primary amides is 1. The van der Waals surface area contributed by atoms with Crippen molar-refractivity contribution in [1.29, 1.82) is 0 Å². The zero-order chi connectivity index (χ0) is 30.8. The molecule has 226 valence electrons. The van der Waals surface area contributed by atoms with Gasteiger partial charge in [0.05, 0.1) is 28.2 Å². The van der Waals surface area contributed by atoms with Crippen molar-refractivity contribution >= 4 is 29.1 Å². The number of nitrogen functional groups attached to an aromatic ring is 1. The van der Waals surface area contributed by atoms with Gasteiger partial charge in [-0.15, -0.1) is 0 Å². The SMILES string of the molecule is Cc1ccc(Cl)cc1-c1[nH]c(-c2ccnc(N)n2)c(C#Cc2ccc(N3CCC(N4CCN(C)CC4)CC3)cc2)c1C(N)=O. The number of aromatic nitrogens is 3. The summed E-state index contributed by atoms with van der Waals surface area (Å²) in [5, 5.41) is 0.541. The van der Waals surface area contributed by atoms with Crippen molar-refractivity contribution in [2.24, 2.45) is 5.73 Å². The third-order valence-corrected chi connectivity index (χ3v) is 8.96. The van der Waals surface area contributed by atoms with Gasteiger partial charge in [-0.1, -0.05) is 29.5 Å². The molecule has 4 heterocycles. The van der Waals surface area contributed by atoms with E-state index in [1.165, 1.54) is 31.6 Å². The first-order chi connectivity index (χ1) is 21.3. The highest BCUT2D eigenvalue weighted by Gasteiger charge is 2.27. The van der Waals surface area contributed by atoms with E-state index < -0.39 is 5.91 Å². The van der Waals surface area contributed by atoms with E-state index in [-0.39, 0.29) is 11.5 Å². The van der Waals surface area contributed by atoms with Crippen molar-refractivity contribution in [3.05, 3.63) is 82.0 Å². The standard InChI is InChI=1S/C34H37ClN8O/c1-22-3-7-24(35)21-28(22)32-30(33(36)44)27(31(40-32)29-11-14-38-34(37)39-29)10-6-23-4-8-25(9-5-23)42-15-12-26(13-16-42)43-19-17-41(2)18-20-43/h3-5,7-9,11,14,21,26,40H,12-13,15-20H2,1-2H3,(H2,36,44)(H2,37,38,39). The number of aryl methyl sites for hydroxylation is 1. The summed E-state index contributed by atoms with van der Waals surface area (Å²) >= 11 is 6.34. The van der Waals surface area contributed by atoms with Crippen molar-refractivity contribution in [2.45, 2.75) is 25.8 Å². The van der Waals surface area contributed by atoms with Gasteiger partial charge in [0.25, 0.3) is 5.91 Å². The lowest BCUT2D eigenvalue weighted by atomic mass is 9.99. The Balaban J connectivity index is 1.28. The van der Waals surface area contributed by atoms with Gasteiger partial charge in [-0.25, -0.2) is 9.97 Å². The maximum atomic E-state index is 12.9. The van der Waals surface area contributed by atoms with Crippen molar-refractivity contribution in [1.82, 2.24) is 24.8 Å². The van der Waals surface area contributed by atoms with Crippen molar-refractivity contribution < 1.29 is 4.79 Å². The number of H-pyrrole nitrogens is 1. The highest BCUT2D eigenvalue weighted by Crippen LogP contribution is 2.35. The second-order valence-corrected chi connectivity index (χ2v) is 12.0.